The van der Waals surface area contributed by atoms with Crippen LogP contribution in [0, 0.1) is 12.8 Å². The molecule has 1 saturated carbocycles. The van der Waals surface area contributed by atoms with Gasteiger partial charge in [0.05, 0.1) is 11.8 Å². The average molecular weight is 301 g/mol. The quantitative estimate of drug-likeness (QED) is 0.886. The van der Waals surface area contributed by atoms with Crippen LogP contribution in [0.4, 0.5) is 5.82 Å². The summed E-state index contributed by atoms with van der Waals surface area (Å²) < 4.78 is 1.70. The van der Waals surface area contributed by atoms with Crippen molar-refractivity contribution in [3.63, 3.8) is 0 Å². The van der Waals surface area contributed by atoms with E-state index in [0.29, 0.717) is 24.1 Å². The van der Waals surface area contributed by atoms with E-state index in [1.54, 1.807) is 4.68 Å². The summed E-state index contributed by atoms with van der Waals surface area (Å²) in [5.74, 6) is 1.79. The maximum absolute atomic E-state index is 10.2. The number of hydrogen-bond donors (Lipinski definition) is 2. The Bertz CT molecular complexity index is 589. The molecule has 0 spiro atoms. The lowest BCUT2D eigenvalue weighted by Crippen LogP contribution is -2.30. The van der Waals surface area contributed by atoms with Crippen molar-refractivity contribution in [1.29, 1.82) is 0 Å². The highest BCUT2D eigenvalue weighted by Gasteiger charge is 2.21. The van der Waals surface area contributed by atoms with E-state index in [2.05, 4.69) is 20.6 Å². The van der Waals surface area contributed by atoms with Gasteiger partial charge in [0.2, 0.25) is 0 Å². The highest BCUT2D eigenvalue weighted by Crippen LogP contribution is 2.26. The predicted octanol–water partition coefficient (Wildman–Crippen LogP) is 2.32. The van der Waals surface area contributed by atoms with Crippen LogP contribution in [0.3, 0.4) is 0 Å². The standard InChI is InChI=1S/C16H23N5O/c1-12-9-10-21(20-12)16-8-7-15(18-19-16)17-11-14(22)13-5-3-2-4-6-13/h7-10,13-14,22H,2-6,11H2,1H3,(H,17,18)/t14-/m1/s1. The van der Waals surface area contributed by atoms with E-state index in [1.165, 1.54) is 19.3 Å². The lowest BCUT2D eigenvalue weighted by molar-refractivity contribution is 0.0955. The third-order valence-corrected chi connectivity index (χ3v) is 4.29. The summed E-state index contributed by atoms with van der Waals surface area (Å²) >= 11 is 0. The second-order valence-electron chi connectivity index (χ2n) is 6.02. The molecule has 2 heterocycles. The van der Waals surface area contributed by atoms with Crippen LogP contribution >= 0.6 is 0 Å². The molecule has 2 aromatic heterocycles. The molecule has 0 radical (unpaired) electrons. The molecular formula is C16H23N5O. The molecule has 6 nitrogen and oxygen atoms in total. The molecule has 1 atom stereocenters. The molecule has 0 unspecified atom stereocenters. The normalized spacial score (nSPS) is 17.4. The van der Waals surface area contributed by atoms with Gasteiger partial charge in [0.15, 0.2) is 5.82 Å². The van der Waals surface area contributed by atoms with Crippen molar-refractivity contribution in [3.8, 4) is 5.82 Å². The van der Waals surface area contributed by atoms with Gasteiger partial charge in [0.1, 0.15) is 5.82 Å². The SMILES string of the molecule is Cc1ccn(-c2ccc(NC[C@@H](O)C3CCCCC3)nn2)n1. The van der Waals surface area contributed by atoms with Crippen LogP contribution in [0.25, 0.3) is 5.82 Å². The Labute approximate surface area is 130 Å². The molecule has 0 saturated heterocycles. The zero-order chi connectivity index (χ0) is 15.4. The highest BCUT2D eigenvalue weighted by atomic mass is 16.3. The largest absolute Gasteiger partial charge is 0.391 e. The minimum absolute atomic E-state index is 0.310. The van der Waals surface area contributed by atoms with E-state index < -0.39 is 0 Å². The number of hydrogen-bond acceptors (Lipinski definition) is 5. The smallest absolute Gasteiger partial charge is 0.175 e. The van der Waals surface area contributed by atoms with Crippen molar-refractivity contribution < 1.29 is 5.11 Å². The van der Waals surface area contributed by atoms with Crippen molar-refractivity contribution >= 4 is 5.82 Å². The van der Waals surface area contributed by atoms with Gasteiger partial charge in [-0.15, -0.1) is 10.2 Å². The van der Waals surface area contributed by atoms with E-state index in [0.717, 1.165) is 18.5 Å². The van der Waals surface area contributed by atoms with Crippen LogP contribution in [-0.4, -0.2) is 37.7 Å². The third kappa shape index (κ3) is 3.62. The Hall–Kier alpha value is -1.95. The van der Waals surface area contributed by atoms with Crippen molar-refractivity contribution in [2.75, 3.05) is 11.9 Å². The molecule has 0 bridgehead atoms. The molecule has 1 aliphatic rings. The van der Waals surface area contributed by atoms with Gasteiger partial charge in [-0.1, -0.05) is 19.3 Å². The number of nitrogens with one attached hydrogen (secondary N) is 1. The molecule has 3 rings (SSSR count). The van der Waals surface area contributed by atoms with Crippen LogP contribution in [-0.2, 0) is 0 Å². The topological polar surface area (TPSA) is 75.9 Å². The van der Waals surface area contributed by atoms with Crippen molar-refractivity contribution in [1.82, 2.24) is 20.0 Å². The fraction of sp³-hybridized carbons (Fsp3) is 0.562. The van der Waals surface area contributed by atoms with Gasteiger partial charge in [-0.05, 0) is 43.9 Å². The minimum Gasteiger partial charge on any atom is -0.391 e. The fourth-order valence-electron chi connectivity index (χ4n) is 2.98. The van der Waals surface area contributed by atoms with Gasteiger partial charge in [-0.25, -0.2) is 4.68 Å². The summed E-state index contributed by atoms with van der Waals surface area (Å²) in [5, 5.41) is 26.0. The summed E-state index contributed by atoms with van der Waals surface area (Å²) in [6, 6.07) is 5.66. The summed E-state index contributed by atoms with van der Waals surface area (Å²) in [7, 11) is 0. The van der Waals surface area contributed by atoms with Gasteiger partial charge in [-0.2, -0.15) is 5.10 Å². The lowest BCUT2D eigenvalue weighted by Gasteiger charge is -2.26. The first kappa shape index (κ1) is 15.0. The molecule has 118 valence electrons. The van der Waals surface area contributed by atoms with Crippen LogP contribution < -0.4 is 5.32 Å². The molecule has 1 aliphatic carbocycles. The van der Waals surface area contributed by atoms with Crippen LogP contribution in [0.15, 0.2) is 24.4 Å². The van der Waals surface area contributed by atoms with Gasteiger partial charge >= 0.3 is 0 Å². The minimum atomic E-state index is -0.310. The van der Waals surface area contributed by atoms with E-state index in [-0.39, 0.29) is 6.10 Å². The molecule has 22 heavy (non-hydrogen) atoms. The van der Waals surface area contributed by atoms with Crippen LogP contribution in [0.2, 0.25) is 0 Å². The number of nitrogens with zero attached hydrogens (tertiary/aromatic N) is 4. The fourth-order valence-corrected chi connectivity index (χ4v) is 2.98. The van der Waals surface area contributed by atoms with E-state index in [4.69, 9.17) is 0 Å². The average Bonchev–Trinajstić information content (AvgIpc) is 3.00. The molecule has 0 aliphatic heterocycles. The van der Waals surface area contributed by atoms with Gasteiger partial charge in [-0.3, -0.25) is 0 Å². The van der Waals surface area contributed by atoms with Gasteiger partial charge in [0.25, 0.3) is 0 Å². The first-order valence-electron chi connectivity index (χ1n) is 8.01. The summed E-state index contributed by atoms with van der Waals surface area (Å²) in [6.07, 6.45) is 7.59. The second kappa shape index (κ2) is 6.87. The molecule has 2 aromatic rings. The predicted molar refractivity (Wildman–Crippen MR) is 85.0 cm³/mol. The Morgan fingerprint density at radius 3 is 2.68 bits per heavy atom. The summed E-state index contributed by atoms with van der Waals surface area (Å²) in [6.45, 7) is 2.46. The summed E-state index contributed by atoms with van der Waals surface area (Å²) in [4.78, 5) is 0. The molecule has 0 amide bonds. The Morgan fingerprint density at radius 2 is 2.05 bits per heavy atom. The summed E-state index contributed by atoms with van der Waals surface area (Å²) in [5.41, 5.74) is 0.944. The second-order valence-corrected chi connectivity index (χ2v) is 6.02. The maximum atomic E-state index is 10.2. The number of anilines is 1. The van der Waals surface area contributed by atoms with E-state index in [1.807, 2.05) is 31.3 Å². The van der Waals surface area contributed by atoms with Crippen LogP contribution in [0.5, 0.6) is 0 Å². The first-order chi connectivity index (χ1) is 10.7. The van der Waals surface area contributed by atoms with Gasteiger partial charge < -0.3 is 10.4 Å². The highest BCUT2D eigenvalue weighted by molar-refractivity contribution is 5.36. The Morgan fingerprint density at radius 1 is 1.23 bits per heavy atom. The number of aromatic nitrogens is 4. The van der Waals surface area contributed by atoms with Crippen LogP contribution in [0.1, 0.15) is 37.8 Å². The number of aryl methyl sites for hydroxylation is 1. The monoisotopic (exact) mass is 301 g/mol. The zero-order valence-corrected chi connectivity index (χ0v) is 12.9. The molecule has 0 aromatic carbocycles. The lowest BCUT2D eigenvalue weighted by atomic mass is 9.85. The van der Waals surface area contributed by atoms with E-state index in [9.17, 15) is 5.11 Å². The van der Waals surface area contributed by atoms with Gasteiger partial charge in [0, 0.05) is 12.7 Å². The van der Waals surface area contributed by atoms with Crippen molar-refractivity contribution in [2.24, 2.45) is 5.92 Å². The number of aliphatic hydroxyl groups is 1. The molecular weight excluding hydrogens is 278 g/mol. The Kier molecular flexibility index (Phi) is 4.68. The van der Waals surface area contributed by atoms with Crippen molar-refractivity contribution in [2.45, 2.75) is 45.1 Å². The number of rotatable bonds is 5. The van der Waals surface area contributed by atoms with Crippen molar-refractivity contribution in [3.05, 3.63) is 30.1 Å². The zero-order valence-electron chi connectivity index (χ0n) is 12.9. The third-order valence-electron chi connectivity index (χ3n) is 4.29. The molecule has 2 N–H and O–H groups in total. The molecule has 1 fully saturated rings. The van der Waals surface area contributed by atoms with E-state index >= 15 is 0 Å². The first-order valence-corrected chi connectivity index (χ1v) is 8.01. The molecule has 6 heteroatoms. The maximum Gasteiger partial charge on any atom is 0.175 e. The number of aliphatic hydroxyl groups excluding tert-OH is 1. The Balaban J connectivity index is 1.54.